The monoisotopic (exact) mass is 283 g/mol. The molecule has 0 saturated carbocycles. The fourth-order valence-corrected chi connectivity index (χ4v) is 2.48. The molecule has 0 spiro atoms. The lowest BCUT2D eigenvalue weighted by Gasteiger charge is -2.33. The second-order valence-electron chi connectivity index (χ2n) is 5.65. The third kappa shape index (κ3) is 4.13. The first-order valence-corrected chi connectivity index (χ1v) is 7.32. The van der Waals surface area contributed by atoms with E-state index in [0.717, 1.165) is 38.3 Å². The molecule has 1 aromatic heterocycles. The largest absolute Gasteiger partial charge is 0.392 e. The molecule has 2 heterocycles. The lowest BCUT2D eigenvalue weighted by atomic mass is 9.95. The maximum absolute atomic E-state index is 9.91. The Bertz CT molecular complexity index is 388. The number of aliphatic hydroxyl groups is 1. The molecule has 1 aliphatic rings. The highest BCUT2D eigenvalue weighted by molar-refractivity contribution is 6.30. The minimum absolute atomic E-state index is 0.233. The number of hydrogen-bond donors (Lipinski definition) is 1. The third-order valence-electron chi connectivity index (χ3n) is 3.81. The predicted molar refractivity (Wildman–Crippen MR) is 76.3 cm³/mol. The van der Waals surface area contributed by atoms with Crippen LogP contribution in [0.15, 0.2) is 12.4 Å². The normalized spacial score (nSPS) is 19.8. The van der Waals surface area contributed by atoms with Gasteiger partial charge in [-0.2, -0.15) is 0 Å². The summed E-state index contributed by atoms with van der Waals surface area (Å²) in [6.45, 7) is 6.88. The van der Waals surface area contributed by atoms with Crippen molar-refractivity contribution in [2.24, 2.45) is 5.92 Å². The minimum Gasteiger partial charge on any atom is -0.392 e. The number of halogens is 1. The Kier molecular flexibility index (Phi) is 5.13. The molecule has 0 amide bonds. The molecule has 1 unspecified atom stereocenters. The molecule has 1 N–H and O–H groups in total. The van der Waals surface area contributed by atoms with E-state index in [1.165, 1.54) is 0 Å². The Balaban J connectivity index is 1.84. The summed E-state index contributed by atoms with van der Waals surface area (Å²) in [4.78, 5) is 10.9. The van der Waals surface area contributed by atoms with Gasteiger partial charge in [0.2, 0.25) is 0 Å². The van der Waals surface area contributed by atoms with Crippen LogP contribution in [-0.2, 0) is 0 Å². The van der Waals surface area contributed by atoms with E-state index >= 15 is 0 Å². The summed E-state index contributed by atoms with van der Waals surface area (Å²) in [5, 5.41) is 10.5. The number of nitrogens with zero attached hydrogens (tertiary/aromatic N) is 3. The molecule has 0 radical (unpaired) electrons. The lowest BCUT2D eigenvalue weighted by Crippen LogP contribution is -2.40. The molecule has 0 bridgehead atoms. The third-order valence-corrected chi connectivity index (χ3v) is 4.00. The number of aliphatic hydroxyl groups excluding tert-OH is 1. The zero-order valence-corrected chi connectivity index (χ0v) is 12.3. The molecule has 1 aliphatic heterocycles. The molecule has 0 aliphatic carbocycles. The minimum atomic E-state index is -0.233. The molecule has 2 rings (SSSR count). The summed E-state index contributed by atoms with van der Waals surface area (Å²) in [7, 11) is 0. The van der Waals surface area contributed by atoms with E-state index in [-0.39, 0.29) is 6.10 Å². The molecule has 0 aromatic carbocycles. The quantitative estimate of drug-likeness (QED) is 0.921. The smallest absolute Gasteiger partial charge is 0.131 e. The standard InChI is InChI=1S/C14H22ClN3O/c1-10(2)13(19)9-18-5-3-11(4-6-18)14-16-7-12(15)8-17-14/h7-8,10-11,13,19H,3-6,9H2,1-2H3. The van der Waals surface area contributed by atoms with Crippen molar-refractivity contribution in [2.45, 2.75) is 38.7 Å². The Morgan fingerprint density at radius 2 is 1.89 bits per heavy atom. The maximum atomic E-state index is 9.91. The van der Waals surface area contributed by atoms with Crippen molar-refractivity contribution < 1.29 is 5.11 Å². The van der Waals surface area contributed by atoms with E-state index in [4.69, 9.17) is 11.6 Å². The highest BCUT2D eigenvalue weighted by Gasteiger charge is 2.24. The summed E-state index contributed by atoms with van der Waals surface area (Å²) < 4.78 is 0. The van der Waals surface area contributed by atoms with E-state index in [2.05, 4.69) is 28.7 Å². The molecular formula is C14H22ClN3O. The van der Waals surface area contributed by atoms with Crippen molar-refractivity contribution in [2.75, 3.05) is 19.6 Å². The van der Waals surface area contributed by atoms with Gasteiger partial charge in [0.15, 0.2) is 0 Å². The summed E-state index contributed by atoms with van der Waals surface area (Å²) in [5.41, 5.74) is 0. The van der Waals surface area contributed by atoms with Crippen molar-refractivity contribution in [3.05, 3.63) is 23.2 Å². The first kappa shape index (κ1) is 14.7. The van der Waals surface area contributed by atoms with Gasteiger partial charge in [-0.1, -0.05) is 25.4 Å². The van der Waals surface area contributed by atoms with Gasteiger partial charge in [-0.05, 0) is 31.8 Å². The molecule has 1 aromatic rings. The van der Waals surface area contributed by atoms with E-state index in [0.29, 0.717) is 16.9 Å². The fraction of sp³-hybridized carbons (Fsp3) is 0.714. The maximum Gasteiger partial charge on any atom is 0.131 e. The summed E-state index contributed by atoms with van der Waals surface area (Å²) in [5.74, 6) is 1.63. The van der Waals surface area contributed by atoms with Gasteiger partial charge >= 0.3 is 0 Å². The second kappa shape index (κ2) is 6.64. The number of rotatable bonds is 4. The van der Waals surface area contributed by atoms with Gasteiger partial charge in [-0.15, -0.1) is 0 Å². The van der Waals surface area contributed by atoms with Crippen LogP contribution >= 0.6 is 11.6 Å². The summed E-state index contributed by atoms with van der Waals surface area (Å²) in [6.07, 6.45) is 5.19. The fourth-order valence-electron chi connectivity index (χ4n) is 2.38. The van der Waals surface area contributed by atoms with Crippen LogP contribution in [0.25, 0.3) is 0 Å². The van der Waals surface area contributed by atoms with E-state index in [1.807, 2.05) is 0 Å². The molecule has 1 fully saturated rings. The predicted octanol–water partition coefficient (Wildman–Crippen LogP) is 2.33. The molecule has 106 valence electrons. The molecule has 19 heavy (non-hydrogen) atoms. The highest BCUT2D eigenvalue weighted by atomic mass is 35.5. The molecule has 4 nitrogen and oxygen atoms in total. The number of likely N-dealkylation sites (tertiary alicyclic amines) is 1. The summed E-state index contributed by atoms with van der Waals surface area (Å²) >= 11 is 5.80. The number of piperidine rings is 1. The Morgan fingerprint density at radius 3 is 2.42 bits per heavy atom. The van der Waals surface area contributed by atoms with E-state index < -0.39 is 0 Å². The number of β-amino-alcohol motifs (C(OH)–C–C–N with tert-alkyl or cyclic N) is 1. The highest BCUT2D eigenvalue weighted by Crippen LogP contribution is 2.25. The second-order valence-corrected chi connectivity index (χ2v) is 6.08. The van der Waals surface area contributed by atoms with Crippen LogP contribution < -0.4 is 0 Å². The van der Waals surface area contributed by atoms with Gasteiger partial charge in [-0.25, -0.2) is 9.97 Å². The Hall–Kier alpha value is -0.710. The average Bonchev–Trinajstić information content (AvgIpc) is 2.40. The van der Waals surface area contributed by atoms with Crippen molar-refractivity contribution in [3.8, 4) is 0 Å². The summed E-state index contributed by atoms with van der Waals surface area (Å²) in [6, 6.07) is 0. The van der Waals surface area contributed by atoms with Crippen LogP contribution in [0.3, 0.4) is 0 Å². The molecule has 1 saturated heterocycles. The number of hydrogen-bond acceptors (Lipinski definition) is 4. The van der Waals surface area contributed by atoms with Crippen LogP contribution in [0, 0.1) is 5.92 Å². The zero-order valence-electron chi connectivity index (χ0n) is 11.6. The van der Waals surface area contributed by atoms with E-state index in [1.54, 1.807) is 12.4 Å². The van der Waals surface area contributed by atoms with Gasteiger partial charge in [0.05, 0.1) is 11.1 Å². The van der Waals surface area contributed by atoms with Crippen LogP contribution in [0.5, 0.6) is 0 Å². The molecular weight excluding hydrogens is 262 g/mol. The Labute approximate surface area is 119 Å². The van der Waals surface area contributed by atoms with Gasteiger partial charge < -0.3 is 10.0 Å². The Morgan fingerprint density at radius 1 is 1.32 bits per heavy atom. The first-order valence-electron chi connectivity index (χ1n) is 6.94. The van der Waals surface area contributed by atoms with Gasteiger partial charge in [0.1, 0.15) is 5.82 Å². The van der Waals surface area contributed by atoms with Gasteiger partial charge in [0.25, 0.3) is 0 Å². The first-order chi connectivity index (χ1) is 9.06. The van der Waals surface area contributed by atoms with E-state index in [9.17, 15) is 5.11 Å². The number of aromatic nitrogens is 2. The van der Waals surface area contributed by atoms with Crippen molar-refractivity contribution in [1.29, 1.82) is 0 Å². The SMILES string of the molecule is CC(C)C(O)CN1CCC(c2ncc(Cl)cn2)CC1. The van der Waals surface area contributed by atoms with Crippen molar-refractivity contribution >= 4 is 11.6 Å². The topological polar surface area (TPSA) is 49.2 Å². The van der Waals surface area contributed by atoms with Gasteiger partial charge in [-0.3, -0.25) is 0 Å². The van der Waals surface area contributed by atoms with Crippen molar-refractivity contribution in [1.82, 2.24) is 14.9 Å². The van der Waals surface area contributed by atoms with Crippen LogP contribution in [0.1, 0.15) is 38.4 Å². The average molecular weight is 284 g/mol. The zero-order chi connectivity index (χ0) is 13.8. The van der Waals surface area contributed by atoms with Crippen LogP contribution in [0.4, 0.5) is 0 Å². The molecule has 1 atom stereocenters. The van der Waals surface area contributed by atoms with Crippen LogP contribution in [-0.4, -0.2) is 45.7 Å². The lowest BCUT2D eigenvalue weighted by molar-refractivity contribution is 0.0652. The van der Waals surface area contributed by atoms with Gasteiger partial charge in [0, 0.05) is 24.9 Å². The van der Waals surface area contributed by atoms with Crippen molar-refractivity contribution in [3.63, 3.8) is 0 Å². The van der Waals surface area contributed by atoms with Crippen LogP contribution in [0.2, 0.25) is 5.02 Å². The molecule has 5 heteroatoms.